The highest BCUT2D eigenvalue weighted by Crippen LogP contribution is 2.32. The van der Waals surface area contributed by atoms with Crippen LogP contribution in [-0.4, -0.2) is 20.9 Å². The molecule has 0 amide bonds. The Balaban J connectivity index is 2.91. The summed E-state index contributed by atoms with van der Waals surface area (Å²) in [5.41, 5.74) is 0.303. The van der Waals surface area contributed by atoms with Crippen molar-refractivity contribution in [1.82, 2.24) is 9.55 Å². The summed E-state index contributed by atoms with van der Waals surface area (Å²) in [6.07, 6.45) is 1.91. The molecule has 0 unspecified atom stereocenters. The van der Waals surface area contributed by atoms with Crippen LogP contribution in [-0.2, 0) is 7.05 Å². The lowest BCUT2D eigenvalue weighted by molar-refractivity contribution is 0.480. The summed E-state index contributed by atoms with van der Waals surface area (Å²) >= 11 is 2.89. The highest BCUT2D eigenvalue weighted by molar-refractivity contribution is 8.00. The summed E-state index contributed by atoms with van der Waals surface area (Å²) in [5.74, 6) is 0.0147. The second-order valence-corrected chi connectivity index (χ2v) is 4.82. The molecule has 14 heavy (non-hydrogen) atoms. The van der Waals surface area contributed by atoms with Gasteiger partial charge in [-0.3, -0.25) is 9.36 Å². The van der Waals surface area contributed by atoms with Gasteiger partial charge >= 0.3 is 0 Å². The number of fused-ring (bicyclic) bond motifs is 1. The van der Waals surface area contributed by atoms with E-state index in [0.29, 0.717) is 10.3 Å². The Labute approximate surface area is 88.2 Å². The van der Waals surface area contributed by atoms with Gasteiger partial charge in [-0.2, -0.15) is 0 Å². The van der Waals surface area contributed by atoms with Crippen LogP contribution in [0.4, 0.5) is 0 Å². The van der Waals surface area contributed by atoms with Crippen LogP contribution in [0.3, 0.4) is 0 Å². The molecule has 0 spiro atoms. The predicted octanol–water partition coefficient (Wildman–Crippen LogP) is 1.42. The predicted molar refractivity (Wildman–Crippen MR) is 58.3 cm³/mol. The molecule has 0 aromatic carbocycles. The fourth-order valence-corrected chi connectivity index (χ4v) is 2.66. The number of thioether (sulfide) groups is 1. The number of rotatable bonds is 1. The van der Waals surface area contributed by atoms with E-state index in [4.69, 9.17) is 0 Å². The Morgan fingerprint density at radius 3 is 3.00 bits per heavy atom. The highest BCUT2D eigenvalue weighted by atomic mass is 32.2. The molecule has 0 bridgehead atoms. The minimum absolute atomic E-state index is 0.0147. The van der Waals surface area contributed by atoms with Gasteiger partial charge in [0.2, 0.25) is 0 Å². The van der Waals surface area contributed by atoms with Gasteiger partial charge in [0, 0.05) is 13.1 Å². The largest absolute Gasteiger partial charge is 0.506 e. The van der Waals surface area contributed by atoms with Crippen molar-refractivity contribution in [1.29, 1.82) is 0 Å². The number of aromatic hydroxyl groups is 1. The Morgan fingerprint density at radius 1 is 1.64 bits per heavy atom. The number of aromatic nitrogens is 2. The molecule has 2 heterocycles. The molecule has 0 atom stereocenters. The van der Waals surface area contributed by atoms with Gasteiger partial charge in [0.1, 0.15) is 10.4 Å². The highest BCUT2D eigenvalue weighted by Gasteiger charge is 2.11. The van der Waals surface area contributed by atoms with E-state index < -0.39 is 0 Å². The number of aryl methyl sites for hydroxylation is 1. The molecule has 0 aliphatic heterocycles. The molecular weight excluding hydrogens is 220 g/mol. The van der Waals surface area contributed by atoms with Crippen LogP contribution in [0.15, 0.2) is 15.2 Å². The first-order chi connectivity index (χ1) is 6.63. The Kier molecular flexibility index (Phi) is 2.24. The molecule has 0 fully saturated rings. The number of hydrogen-bond donors (Lipinski definition) is 1. The molecule has 0 aliphatic carbocycles. The third-order valence-electron chi connectivity index (χ3n) is 1.91. The van der Waals surface area contributed by atoms with Crippen molar-refractivity contribution < 1.29 is 5.11 Å². The number of hydrogen-bond acceptors (Lipinski definition) is 5. The lowest BCUT2D eigenvalue weighted by Gasteiger charge is -1.98. The zero-order valence-electron chi connectivity index (χ0n) is 7.64. The summed E-state index contributed by atoms with van der Waals surface area (Å²) in [6, 6.07) is 1.21. The van der Waals surface area contributed by atoms with Crippen molar-refractivity contribution >= 4 is 33.4 Å². The van der Waals surface area contributed by atoms with Gasteiger partial charge in [-0.25, -0.2) is 4.98 Å². The van der Waals surface area contributed by atoms with Crippen LogP contribution in [0.1, 0.15) is 0 Å². The number of thiazole rings is 1. The van der Waals surface area contributed by atoms with Gasteiger partial charge in [0.25, 0.3) is 5.56 Å². The van der Waals surface area contributed by atoms with Crippen LogP contribution in [0.25, 0.3) is 10.3 Å². The smallest absolute Gasteiger partial charge is 0.255 e. The molecule has 74 valence electrons. The first-order valence-corrected chi connectivity index (χ1v) is 5.91. The summed E-state index contributed by atoms with van der Waals surface area (Å²) < 4.78 is 2.94. The van der Waals surface area contributed by atoms with Crippen molar-refractivity contribution in [2.24, 2.45) is 7.05 Å². The van der Waals surface area contributed by atoms with Gasteiger partial charge < -0.3 is 5.11 Å². The summed E-state index contributed by atoms with van der Waals surface area (Å²) in [5, 5.41) is 9.53. The molecule has 4 nitrogen and oxygen atoms in total. The minimum atomic E-state index is -0.243. The van der Waals surface area contributed by atoms with Crippen molar-refractivity contribution in [3.8, 4) is 5.75 Å². The zero-order valence-corrected chi connectivity index (χ0v) is 9.28. The molecule has 0 aliphatic rings. The monoisotopic (exact) mass is 228 g/mol. The van der Waals surface area contributed by atoms with Crippen LogP contribution in [0, 0.1) is 0 Å². The molecule has 0 saturated heterocycles. The maximum absolute atomic E-state index is 11.3. The lowest BCUT2D eigenvalue weighted by atomic mass is 10.4. The SMILES string of the molecule is CSc1nc2c(s1)c(O)cc(=O)n2C. The quantitative estimate of drug-likeness (QED) is 0.750. The van der Waals surface area contributed by atoms with Crippen LogP contribution < -0.4 is 5.56 Å². The van der Waals surface area contributed by atoms with E-state index in [-0.39, 0.29) is 11.3 Å². The topological polar surface area (TPSA) is 55.1 Å². The Hall–Kier alpha value is -1.01. The fraction of sp³-hybridized carbons (Fsp3) is 0.250. The third kappa shape index (κ3) is 1.31. The Morgan fingerprint density at radius 2 is 2.36 bits per heavy atom. The Bertz CT molecular complexity index is 544. The van der Waals surface area contributed by atoms with Gasteiger partial charge in [-0.15, -0.1) is 11.3 Å². The molecule has 6 heteroatoms. The van der Waals surface area contributed by atoms with E-state index in [0.717, 1.165) is 4.34 Å². The molecular formula is C8H8N2O2S2. The van der Waals surface area contributed by atoms with E-state index in [2.05, 4.69) is 4.98 Å². The normalized spacial score (nSPS) is 11.0. The van der Waals surface area contributed by atoms with E-state index in [1.807, 2.05) is 6.26 Å². The van der Waals surface area contributed by atoms with E-state index in [9.17, 15) is 9.90 Å². The molecule has 0 saturated carbocycles. The maximum atomic E-state index is 11.3. The molecule has 2 rings (SSSR count). The summed E-state index contributed by atoms with van der Waals surface area (Å²) in [4.78, 5) is 15.5. The molecule has 0 radical (unpaired) electrons. The average molecular weight is 228 g/mol. The summed E-state index contributed by atoms with van der Waals surface area (Å²) in [7, 11) is 1.65. The van der Waals surface area contributed by atoms with Crippen LogP contribution >= 0.6 is 23.1 Å². The van der Waals surface area contributed by atoms with E-state index >= 15 is 0 Å². The van der Waals surface area contributed by atoms with Gasteiger partial charge in [0.05, 0.1) is 0 Å². The van der Waals surface area contributed by atoms with E-state index in [1.165, 1.54) is 33.7 Å². The molecule has 2 aromatic heterocycles. The van der Waals surface area contributed by atoms with Gasteiger partial charge in [-0.05, 0) is 6.26 Å². The standard InChI is InChI=1S/C8H8N2O2S2/c1-10-5(12)3-4(11)6-7(10)9-8(13-2)14-6/h3,11H,1-2H3. The number of pyridine rings is 1. The van der Waals surface area contributed by atoms with Crippen molar-refractivity contribution in [2.75, 3.05) is 6.26 Å². The molecule has 2 aromatic rings. The third-order valence-corrected chi connectivity index (χ3v) is 3.96. The van der Waals surface area contributed by atoms with Gasteiger partial charge in [-0.1, -0.05) is 11.8 Å². The second kappa shape index (κ2) is 3.29. The molecule has 1 N–H and O–H groups in total. The maximum Gasteiger partial charge on any atom is 0.255 e. The van der Waals surface area contributed by atoms with E-state index in [1.54, 1.807) is 7.05 Å². The van der Waals surface area contributed by atoms with Crippen molar-refractivity contribution in [3.63, 3.8) is 0 Å². The first kappa shape index (κ1) is 9.54. The number of nitrogens with zero attached hydrogens (tertiary/aromatic N) is 2. The van der Waals surface area contributed by atoms with Gasteiger partial charge in [0.15, 0.2) is 9.99 Å². The zero-order chi connectivity index (χ0) is 10.3. The lowest BCUT2D eigenvalue weighted by Crippen LogP contribution is -2.15. The summed E-state index contributed by atoms with van der Waals surface area (Å²) in [6.45, 7) is 0. The second-order valence-electron chi connectivity index (χ2n) is 2.76. The fourth-order valence-electron chi connectivity index (χ4n) is 1.16. The minimum Gasteiger partial charge on any atom is -0.506 e. The van der Waals surface area contributed by atoms with Crippen LogP contribution in [0.2, 0.25) is 0 Å². The van der Waals surface area contributed by atoms with Crippen LogP contribution in [0.5, 0.6) is 5.75 Å². The van der Waals surface area contributed by atoms with Crippen molar-refractivity contribution in [3.05, 3.63) is 16.4 Å². The first-order valence-electron chi connectivity index (χ1n) is 3.87. The average Bonchev–Trinajstić information content (AvgIpc) is 2.58. The van der Waals surface area contributed by atoms with Crippen molar-refractivity contribution in [2.45, 2.75) is 4.34 Å².